The summed E-state index contributed by atoms with van der Waals surface area (Å²) in [5.41, 5.74) is 1.13. The molecule has 0 unspecified atom stereocenters. The van der Waals surface area contributed by atoms with Crippen LogP contribution in [-0.2, 0) is 14.8 Å². The van der Waals surface area contributed by atoms with Crippen LogP contribution >= 0.6 is 11.3 Å². The zero-order chi connectivity index (χ0) is 19.9. The molecule has 1 aromatic carbocycles. The molecule has 0 spiro atoms. The second-order valence-corrected chi connectivity index (χ2v) is 8.33. The van der Waals surface area contributed by atoms with Crippen LogP contribution in [0.5, 0.6) is 5.75 Å². The number of carbonyl (C=O) groups excluding carboxylic acids is 1. The number of rotatable bonds is 10. The zero-order valence-corrected chi connectivity index (χ0v) is 17.2. The summed E-state index contributed by atoms with van der Waals surface area (Å²) in [5.74, 6) is -0.308. The molecule has 7 nitrogen and oxygen atoms in total. The van der Waals surface area contributed by atoms with Crippen molar-refractivity contribution < 1.29 is 22.7 Å². The van der Waals surface area contributed by atoms with Gasteiger partial charge in [-0.05, 0) is 30.0 Å². The molecule has 0 atom stereocenters. The third-order valence-electron chi connectivity index (χ3n) is 3.84. The number of anilines is 2. The van der Waals surface area contributed by atoms with Crippen LogP contribution in [0.3, 0.4) is 0 Å². The molecule has 1 aromatic heterocycles. The fourth-order valence-electron chi connectivity index (χ4n) is 2.44. The SMILES string of the molecule is CCCCCNc1ccc(NS(=O)(=O)c2ccsc2C(=O)OC)c(OC)c1. The molecule has 0 aliphatic rings. The first kappa shape index (κ1) is 21.0. The van der Waals surface area contributed by atoms with Crippen LogP contribution in [0.1, 0.15) is 35.9 Å². The van der Waals surface area contributed by atoms with E-state index in [-0.39, 0.29) is 9.77 Å². The van der Waals surface area contributed by atoms with Gasteiger partial charge in [-0.25, -0.2) is 13.2 Å². The van der Waals surface area contributed by atoms with E-state index in [1.54, 1.807) is 18.2 Å². The lowest BCUT2D eigenvalue weighted by Gasteiger charge is -2.14. The molecule has 27 heavy (non-hydrogen) atoms. The Labute approximate surface area is 163 Å². The van der Waals surface area contributed by atoms with Crippen molar-refractivity contribution in [3.8, 4) is 5.75 Å². The van der Waals surface area contributed by atoms with Crippen molar-refractivity contribution >= 4 is 38.7 Å². The number of nitrogens with one attached hydrogen (secondary N) is 2. The van der Waals surface area contributed by atoms with Crippen molar-refractivity contribution in [2.45, 2.75) is 31.1 Å². The third-order valence-corrected chi connectivity index (χ3v) is 6.28. The van der Waals surface area contributed by atoms with E-state index in [1.807, 2.05) is 0 Å². The predicted octanol–water partition coefficient (Wildman–Crippen LogP) is 3.95. The second-order valence-electron chi connectivity index (χ2n) is 5.76. The Balaban J connectivity index is 2.21. The number of carbonyl (C=O) groups is 1. The number of sulfonamides is 1. The molecule has 148 valence electrons. The molecule has 9 heteroatoms. The second kappa shape index (κ2) is 9.61. The van der Waals surface area contributed by atoms with Crippen LogP contribution in [-0.4, -0.2) is 35.2 Å². The van der Waals surface area contributed by atoms with Gasteiger partial charge in [0.1, 0.15) is 15.5 Å². The maximum absolute atomic E-state index is 12.7. The average Bonchev–Trinajstić information content (AvgIpc) is 3.16. The molecule has 1 heterocycles. The van der Waals surface area contributed by atoms with Crippen LogP contribution < -0.4 is 14.8 Å². The average molecular weight is 413 g/mol. The van der Waals surface area contributed by atoms with E-state index >= 15 is 0 Å². The van der Waals surface area contributed by atoms with Gasteiger partial charge >= 0.3 is 5.97 Å². The third kappa shape index (κ3) is 5.36. The molecule has 0 saturated carbocycles. The number of ether oxygens (including phenoxy) is 2. The molecule has 0 aliphatic heterocycles. The van der Waals surface area contributed by atoms with E-state index in [4.69, 9.17) is 4.74 Å². The fraction of sp³-hybridized carbons (Fsp3) is 0.389. The van der Waals surface area contributed by atoms with Gasteiger partial charge in [-0.2, -0.15) is 0 Å². The first-order valence-corrected chi connectivity index (χ1v) is 10.9. The summed E-state index contributed by atoms with van der Waals surface area (Å²) < 4.78 is 37.9. The minimum atomic E-state index is -3.97. The number of benzene rings is 1. The molecule has 2 rings (SSSR count). The zero-order valence-electron chi connectivity index (χ0n) is 15.6. The number of esters is 1. The minimum Gasteiger partial charge on any atom is -0.494 e. The molecule has 0 radical (unpaired) electrons. The van der Waals surface area contributed by atoms with Crippen molar-refractivity contribution in [1.82, 2.24) is 0 Å². The van der Waals surface area contributed by atoms with E-state index in [1.165, 1.54) is 25.7 Å². The molecule has 0 bridgehead atoms. The van der Waals surface area contributed by atoms with Crippen molar-refractivity contribution in [2.75, 3.05) is 30.8 Å². The van der Waals surface area contributed by atoms with Crippen LogP contribution in [0.25, 0.3) is 0 Å². The van der Waals surface area contributed by atoms with E-state index in [9.17, 15) is 13.2 Å². The summed E-state index contributed by atoms with van der Waals surface area (Å²) in [6, 6.07) is 6.51. The Morgan fingerprint density at radius 2 is 1.96 bits per heavy atom. The maximum Gasteiger partial charge on any atom is 0.349 e. The van der Waals surface area contributed by atoms with Gasteiger partial charge in [0.2, 0.25) is 0 Å². The number of hydrogen-bond acceptors (Lipinski definition) is 7. The summed E-state index contributed by atoms with van der Waals surface area (Å²) >= 11 is 1.01. The van der Waals surface area contributed by atoms with Gasteiger partial charge in [0, 0.05) is 18.3 Å². The highest BCUT2D eigenvalue weighted by Gasteiger charge is 2.25. The van der Waals surface area contributed by atoms with Crippen molar-refractivity contribution in [2.24, 2.45) is 0 Å². The lowest BCUT2D eigenvalue weighted by atomic mass is 10.2. The highest BCUT2D eigenvalue weighted by molar-refractivity contribution is 7.93. The van der Waals surface area contributed by atoms with Gasteiger partial charge in [0.15, 0.2) is 0 Å². The molecule has 0 amide bonds. The Hall–Kier alpha value is -2.26. The lowest BCUT2D eigenvalue weighted by molar-refractivity contribution is 0.0602. The molecule has 0 saturated heterocycles. The van der Waals surface area contributed by atoms with E-state index in [2.05, 4.69) is 21.7 Å². The number of methoxy groups -OCH3 is 2. The fourth-order valence-corrected chi connectivity index (χ4v) is 4.85. The van der Waals surface area contributed by atoms with Gasteiger partial charge in [-0.1, -0.05) is 19.8 Å². The normalized spacial score (nSPS) is 11.1. The van der Waals surface area contributed by atoms with Crippen LogP contribution in [0.15, 0.2) is 34.5 Å². The Bertz CT molecular complexity index is 878. The first-order valence-electron chi connectivity index (χ1n) is 8.53. The van der Waals surface area contributed by atoms with Crippen molar-refractivity contribution in [3.63, 3.8) is 0 Å². The number of hydrogen-bond donors (Lipinski definition) is 2. The summed E-state index contributed by atoms with van der Waals surface area (Å²) in [4.78, 5) is 11.7. The summed E-state index contributed by atoms with van der Waals surface area (Å²) in [6.45, 7) is 2.97. The molecule has 0 fully saturated rings. The Morgan fingerprint density at radius 1 is 1.19 bits per heavy atom. The van der Waals surface area contributed by atoms with E-state index in [0.29, 0.717) is 11.4 Å². The maximum atomic E-state index is 12.7. The van der Waals surface area contributed by atoms with Crippen molar-refractivity contribution in [1.29, 1.82) is 0 Å². The quantitative estimate of drug-likeness (QED) is 0.453. The topological polar surface area (TPSA) is 93.7 Å². The largest absolute Gasteiger partial charge is 0.494 e. The van der Waals surface area contributed by atoms with Crippen molar-refractivity contribution in [3.05, 3.63) is 34.5 Å². The summed E-state index contributed by atoms with van der Waals surface area (Å²) in [7, 11) is -1.29. The summed E-state index contributed by atoms with van der Waals surface area (Å²) in [6.07, 6.45) is 3.34. The molecule has 2 aromatic rings. The van der Waals surface area contributed by atoms with Gasteiger partial charge in [-0.3, -0.25) is 4.72 Å². The first-order chi connectivity index (χ1) is 12.9. The number of unbranched alkanes of at least 4 members (excludes halogenated alkanes) is 2. The van der Waals surface area contributed by atoms with Crippen LogP contribution in [0.4, 0.5) is 11.4 Å². The Morgan fingerprint density at radius 3 is 2.63 bits per heavy atom. The Kier molecular flexibility index (Phi) is 7.49. The molecule has 0 aliphatic carbocycles. The minimum absolute atomic E-state index is 0.0261. The highest BCUT2D eigenvalue weighted by atomic mass is 32.2. The summed E-state index contributed by atoms with van der Waals surface area (Å²) in [5, 5.41) is 4.82. The van der Waals surface area contributed by atoms with Gasteiger partial charge in [0.05, 0.1) is 19.9 Å². The van der Waals surface area contributed by atoms with Crippen LogP contribution in [0.2, 0.25) is 0 Å². The predicted molar refractivity (Wildman–Crippen MR) is 107 cm³/mol. The van der Waals surface area contributed by atoms with Gasteiger partial charge in [0.25, 0.3) is 10.0 Å². The molecular formula is C18H24N2O5S2. The molecular weight excluding hydrogens is 388 g/mol. The number of thiophene rings is 1. The van der Waals surface area contributed by atoms with Crippen LogP contribution in [0, 0.1) is 0 Å². The lowest BCUT2D eigenvalue weighted by Crippen LogP contribution is -2.16. The molecule has 2 N–H and O–H groups in total. The standard InChI is InChI=1S/C18H24N2O5S2/c1-4-5-6-10-19-13-7-8-14(15(12-13)24-2)20-27(22,23)16-9-11-26-17(16)18(21)25-3/h7-9,11-12,19-20H,4-6,10H2,1-3H3. The highest BCUT2D eigenvalue weighted by Crippen LogP contribution is 2.31. The van der Waals surface area contributed by atoms with Gasteiger partial charge < -0.3 is 14.8 Å². The monoisotopic (exact) mass is 412 g/mol. The van der Waals surface area contributed by atoms with E-state index < -0.39 is 16.0 Å². The van der Waals surface area contributed by atoms with E-state index in [0.717, 1.165) is 42.8 Å². The smallest absolute Gasteiger partial charge is 0.349 e. The van der Waals surface area contributed by atoms with Gasteiger partial charge in [-0.15, -0.1) is 11.3 Å².